The summed E-state index contributed by atoms with van der Waals surface area (Å²) in [5.74, 6) is -0.644. The first-order valence-corrected chi connectivity index (χ1v) is 12.2. The largest absolute Gasteiger partial charge is 0.338 e. The number of urea groups is 1. The van der Waals surface area contributed by atoms with Crippen molar-refractivity contribution < 1.29 is 22.8 Å². The minimum Gasteiger partial charge on any atom is -0.338 e. The summed E-state index contributed by atoms with van der Waals surface area (Å²) >= 11 is 0. The third-order valence-electron chi connectivity index (χ3n) is 6.52. The molecule has 3 saturated heterocycles. The summed E-state index contributed by atoms with van der Waals surface area (Å²) in [5, 5.41) is 1.82. The zero-order valence-corrected chi connectivity index (χ0v) is 18.3. The van der Waals surface area contributed by atoms with Gasteiger partial charge in [0.1, 0.15) is 12.6 Å². The molecule has 32 heavy (non-hydrogen) atoms. The van der Waals surface area contributed by atoms with E-state index in [-0.39, 0.29) is 49.4 Å². The number of sulfonamides is 1. The van der Waals surface area contributed by atoms with Crippen LogP contribution in [-0.2, 0) is 19.6 Å². The maximum atomic E-state index is 13.1. The molecule has 3 fully saturated rings. The van der Waals surface area contributed by atoms with E-state index in [0.717, 1.165) is 22.1 Å². The zero-order chi connectivity index (χ0) is 22.5. The van der Waals surface area contributed by atoms with Gasteiger partial charge in [0.25, 0.3) is 5.91 Å². The van der Waals surface area contributed by atoms with Gasteiger partial charge in [0.15, 0.2) is 0 Å². The minimum absolute atomic E-state index is 0.164. The molecule has 3 aliphatic heterocycles. The number of nitrogens with zero attached hydrogens (tertiary/aromatic N) is 4. The molecule has 0 aromatic heterocycles. The molecule has 2 aromatic carbocycles. The van der Waals surface area contributed by atoms with Crippen LogP contribution in [-0.4, -0.2) is 90.6 Å². The second-order valence-electron chi connectivity index (χ2n) is 8.35. The average molecular weight is 457 g/mol. The van der Waals surface area contributed by atoms with Crippen molar-refractivity contribution in [2.24, 2.45) is 0 Å². The first kappa shape index (κ1) is 20.9. The highest BCUT2D eigenvalue weighted by Crippen LogP contribution is 2.27. The molecule has 9 nitrogen and oxygen atoms in total. The molecule has 4 amide bonds. The number of rotatable bonds is 4. The topological polar surface area (TPSA) is 98.3 Å². The lowest BCUT2D eigenvalue weighted by atomic mass is 10.1. The van der Waals surface area contributed by atoms with Gasteiger partial charge >= 0.3 is 6.03 Å². The van der Waals surface area contributed by atoms with E-state index in [1.165, 1.54) is 14.1 Å². The van der Waals surface area contributed by atoms with Crippen LogP contribution >= 0.6 is 0 Å². The van der Waals surface area contributed by atoms with E-state index < -0.39 is 22.1 Å². The lowest BCUT2D eigenvalue weighted by Crippen LogP contribution is -2.53. The molecular formula is C22H24N4O5S. The van der Waals surface area contributed by atoms with Crippen molar-refractivity contribution in [3.63, 3.8) is 0 Å². The third kappa shape index (κ3) is 3.43. The van der Waals surface area contributed by atoms with Crippen molar-refractivity contribution in [3.8, 4) is 0 Å². The van der Waals surface area contributed by atoms with E-state index in [1.807, 2.05) is 24.3 Å². The van der Waals surface area contributed by atoms with Crippen LogP contribution in [0.5, 0.6) is 0 Å². The van der Waals surface area contributed by atoms with Crippen molar-refractivity contribution in [2.75, 3.05) is 39.3 Å². The zero-order valence-electron chi connectivity index (χ0n) is 17.5. The molecule has 0 spiro atoms. The smallest absolute Gasteiger partial charge is 0.327 e. The number of imide groups is 1. The molecule has 0 saturated carbocycles. The van der Waals surface area contributed by atoms with Gasteiger partial charge in [-0.25, -0.2) is 13.2 Å². The standard InChI is InChI=1S/C22H24N4O5S/c27-20(15-26-21(28)19-6-3-9-25(19)22(26)29)23-10-12-24(13-11-23)32(30,31)18-8-7-16-4-1-2-5-17(16)14-18/h1-2,4-5,7-8,14,19H,3,6,9-13,15H2. The van der Waals surface area contributed by atoms with Crippen LogP contribution in [0.1, 0.15) is 12.8 Å². The Balaban J connectivity index is 1.23. The fraction of sp³-hybridized carbons (Fsp3) is 0.409. The maximum absolute atomic E-state index is 13.1. The van der Waals surface area contributed by atoms with Crippen molar-refractivity contribution in [1.82, 2.24) is 19.0 Å². The van der Waals surface area contributed by atoms with Crippen LogP contribution in [0.3, 0.4) is 0 Å². The summed E-state index contributed by atoms with van der Waals surface area (Å²) in [6, 6.07) is 11.8. The number of hydrogen-bond acceptors (Lipinski definition) is 5. The number of carbonyl (C=O) groups is 3. The average Bonchev–Trinajstić information content (AvgIpc) is 3.38. The highest BCUT2D eigenvalue weighted by atomic mass is 32.2. The fourth-order valence-electron chi connectivity index (χ4n) is 4.72. The summed E-state index contributed by atoms with van der Waals surface area (Å²) in [4.78, 5) is 41.9. The van der Waals surface area contributed by atoms with Gasteiger partial charge in [-0.05, 0) is 35.7 Å². The van der Waals surface area contributed by atoms with Gasteiger partial charge in [-0.15, -0.1) is 0 Å². The summed E-state index contributed by atoms with van der Waals surface area (Å²) in [7, 11) is -3.68. The molecule has 3 heterocycles. The minimum atomic E-state index is -3.68. The molecule has 1 atom stereocenters. The van der Waals surface area contributed by atoms with Crippen LogP contribution in [0.4, 0.5) is 4.79 Å². The predicted molar refractivity (Wildman–Crippen MR) is 116 cm³/mol. The Kier molecular flexibility index (Phi) is 5.13. The molecule has 10 heteroatoms. The molecule has 0 bridgehead atoms. The van der Waals surface area contributed by atoms with E-state index in [0.29, 0.717) is 13.0 Å². The lowest BCUT2D eigenvalue weighted by molar-refractivity contribution is -0.138. The van der Waals surface area contributed by atoms with E-state index in [1.54, 1.807) is 18.2 Å². The number of hydrogen-bond donors (Lipinski definition) is 0. The highest BCUT2D eigenvalue weighted by molar-refractivity contribution is 7.89. The second kappa shape index (κ2) is 7.86. The number of carbonyl (C=O) groups excluding carboxylic acids is 3. The fourth-order valence-corrected chi connectivity index (χ4v) is 6.18. The van der Waals surface area contributed by atoms with Crippen LogP contribution < -0.4 is 0 Å². The maximum Gasteiger partial charge on any atom is 0.327 e. The van der Waals surface area contributed by atoms with Gasteiger partial charge in [0, 0.05) is 32.7 Å². The van der Waals surface area contributed by atoms with Crippen LogP contribution in [0.25, 0.3) is 10.8 Å². The van der Waals surface area contributed by atoms with Gasteiger partial charge in [0.05, 0.1) is 4.90 Å². The Hall–Kier alpha value is -2.98. The van der Waals surface area contributed by atoms with Crippen molar-refractivity contribution in [3.05, 3.63) is 42.5 Å². The number of benzene rings is 2. The molecule has 5 rings (SSSR count). The SMILES string of the molecule is O=C(CN1C(=O)C2CCCN2C1=O)N1CCN(S(=O)(=O)c2ccc3ccccc3c2)CC1. The Morgan fingerprint density at radius 2 is 1.66 bits per heavy atom. The van der Waals surface area contributed by atoms with E-state index >= 15 is 0 Å². The van der Waals surface area contributed by atoms with Gasteiger partial charge in [-0.2, -0.15) is 4.31 Å². The number of fused-ring (bicyclic) bond motifs is 2. The molecule has 168 valence electrons. The van der Waals surface area contributed by atoms with Gasteiger partial charge in [-0.1, -0.05) is 30.3 Å². The number of amides is 4. The Morgan fingerprint density at radius 1 is 0.938 bits per heavy atom. The summed E-state index contributed by atoms with van der Waals surface area (Å²) < 4.78 is 27.6. The predicted octanol–water partition coefficient (Wildman–Crippen LogP) is 1.10. The first-order chi connectivity index (χ1) is 15.4. The van der Waals surface area contributed by atoms with E-state index in [2.05, 4.69) is 0 Å². The first-order valence-electron chi connectivity index (χ1n) is 10.7. The summed E-state index contributed by atoms with van der Waals surface area (Å²) in [6.07, 6.45) is 1.44. The van der Waals surface area contributed by atoms with Gasteiger partial charge in [-0.3, -0.25) is 14.5 Å². The van der Waals surface area contributed by atoms with Crippen molar-refractivity contribution in [2.45, 2.75) is 23.8 Å². The van der Waals surface area contributed by atoms with Gasteiger partial charge < -0.3 is 9.80 Å². The van der Waals surface area contributed by atoms with Crippen molar-refractivity contribution >= 4 is 38.6 Å². The molecule has 3 aliphatic rings. The van der Waals surface area contributed by atoms with Crippen LogP contribution in [0, 0.1) is 0 Å². The molecule has 0 radical (unpaired) electrons. The van der Waals surface area contributed by atoms with E-state index in [9.17, 15) is 22.8 Å². The quantitative estimate of drug-likeness (QED) is 0.642. The highest BCUT2D eigenvalue weighted by Gasteiger charge is 2.48. The summed E-state index contributed by atoms with van der Waals surface area (Å²) in [5.41, 5.74) is 0. The lowest BCUT2D eigenvalue weighted by Gasteiger charge is -2.34. The molecular weight excluding hydrogens is 432 g/mol. The monoisotopic (exact) mass is 456 g/mol. The second-order valence-corrected chi connectivity index (χ2v) is 10.3. The number of piperazine rings is 1. The Bertz CT molecular complexity index is 1180. The molecule has 0 aliphatic carbocycles. The summed E-state index contributed by atoms with van der Waals surface area (Å²) in [6.45, 7) is 1.02. The van der Waals surface area contributed by atoms with Crippen LogP contribution in [0.15, 0.2) is 47.4 Å². The Morgan fingerprint density at radius 3 is 2.38 bits per heavy atom. The van der Waals surface area contributed by atoms with E-state index in [4.69, 9.17) is 0 Å². The molecule has 1 unspecified atom stereocenters. The van der Waals surface area contributed by atoms with Crippen LogP contribution in [0.2, 0.25) is 0 Å². The normalized spacial score (nSPS) is 22.1. The molecule has 0 N–H and O–H groups in total. The third-order valence-corrected chi connectivity index (χ3v) is 8.42. The van der Waals surface area contributed by atoms with Crippen molar-refractivity contribution in [1.29, 1.82) is 0 Å². The van der Waals surface area contributed by atoms with Gasteiger partial charge in [0.2, 0.25) is 15.9 Å². The Labute approximate surface area is 186 Å². The molecule has 2 aromatic rings.